The number of amides is 1. The molecule has 0 N–H and O–H groups in total. The molecule has 198 valence electrons. The van der Waals surface area contributed by atoms with Crippen molar-refractivity contribution in [2.45, 2.75) is 111 Å². The predicted octanol–water partition coefficient (Wildman–Crippen LogP) is 7.88. The minimum Gasteiger partial charge on any atom is -0.374 e. The molecule has 2 unspecified atom stereocenters. The molecular formula is C31H45FN2O2. The summed E-state index contributed by atoms with van der Waals surface area (Å²) in [6.45, 7) is 13.3. The van der Waals surface area contributed by atoms with Gasteiger partial charge in [0.15, 0.2) is 0 Å². The minimum absolute atomic E-state index is 0.126. The van der Waals surface area contributed by atoms with Crippen molar-refractivity contribution in [3.05, 3.63) is 65.7 Å². The van der Waals surface area contributed by atoms with Crippen molar-refractivity contribution in [1.82, 2.24) is 9.88 Å². The third-order valence-corrected chi connectivity index (χ3v) is 8.46. The lowest BCUT2D eigenvalue weighted by atomic mass is 9.63. The molecule has 0 spiro atoms. The van der Waals surface area contributed by atoms with Gasteiger partial charge in [0, 0.05) is 11.7 Å². The Labute approximate surface area is 217 Å². The number of ether oxygens (including phenoxy) is 1. The average molecular weight is 497 g/mol. The van der Waals surface area contributed by atoms with Crippen LogP contribution >= 0.6 is 0 Å². The van der Waals surface area contributed by atoms with Gasteiger partial charge in [-0.2, -0.15) is 0 Å². The third kappa shape index (κ3) is 5.99. The summed E-state index contributed by atoms with van der Waals surface area (Å²) in [6.07, 6.45) is 9.28. The second-order valence-corrected chi connectivity index (χ2v) is 10.9. The first-order valence-corrected chi connectivity index (χ1v) is 13.9. The lowest BCUT2D eigenvalue weighted by Gasteiger charge is -2.49. The van der Waals surface area contributed by atoms with Crippen LogP contribution in [0, 0.1) is 17.2 Å². The van der Waals surface area contributed by atoms with Gasteiger partial charge in [0.05, 0.1) is 30.4 Å². The maximum Gasteiger partial charge on any atom is 0.230 e. The number of aromatic nitrogens is 1. The number of hydrogen-bond acceptors (Lipinski definition) is 3. The van der Waals surface area contributed by atoms with E-state index in [-0.39, 0.29) is 35.3 Å². The van der Waals surface area contributed by atoms with Crippen LogP contribution in [0.25, 0.3) is 0 Å². The Hall–Kier alpha value is -2.27. The summed E-state index contributed by atoms with van der Waals surface area (Å²) in [5.41, 5.74) is 1.32. The van der Waals surface area contributed by atoms with Crippen LogP contribution in [0.1, 0.15) is 104 Å². The molecule has 1 aromatic heterocycles. The molecule has 1 saturated carbocycles. The Balaban J connectivity index is 0.00000176. The van der Waals surface area contributed by atoms with Crippen molar-refractivity contribution in [1.29, 1.82) is 0 Å². The molecule has 0 radical (unpaired) electrons. The number of pyridine rings is 1. The molecule has 1 amide bonds. The summed E-state index contributed by atoms with van der Waals surface area (Å²) < 4.78 is 20.3. The summed E-state index contributed by atoms with van der Waals surface area (Å²) >= 11 is 0. The standard InChI is InChI=1S/C29H39FN2O2.C2H6/c1-5-21(2)29(15-11-25(12-16-29)34-20-22-9-7-6-8-10-22)27(33)32-26(13-14-28(32,3)4)23-17-24(30)19-31-18-23;1-2/h6-10,17-19,21,25-26H,5,11-16,20H2,1-4H3;1-2H3. The fourth-order valence-electron chi connectivity index (χ4n) is 6.11. The Morgan fingerprint density at radius 1 is 1.11 bits per heavy atom. The molecule has 1 aromatic carbocycles. The molecule has 0 bridgehead atoms. The zero-order valence-electron chi connectivity index (χ0n) is 23.1. The first-order valence-electron chi connectivity index (χ1n) is 13.9. The van der Waals surface area contributed by atoms with Gasteiger partial charge in [-0.3, -0.25) is 9.78 Å². The predicted molar refractivity (Wildman–Crippen MR) is 144 cm³/mol. The largest absolute Gasteiger partial charge is 0.374 e. The zero-order valence-corrected chi connectivity index (χ0v) is 23.1. The van der Waals surface area contributed by atoms with Crippen molar-refractivity contribution in [2.24, 2.45) is 11.3 Å². The van der Waals surface area contributed by atoms with Crippen LogP contribution in [-0.4, -0.2) is 27.4 Å². The van der Waals surface area contributed by atoms with Gasteiger partial charge in [-0.25, -0.2) is 4.39 Å². The molecule has 1 aliphatic carbocycles. The zero-order chi connectivity index (χ0) is 26.3. The molecular weight excluding hydrogens is 451 g/mol. The van der Waals surface area contributed by atoms with Gasteiger partial charge in [0.2, 0.25) is 5.91 Å². The van der Waals surface area contributed by atoms with Crippen LogP contribution in [0.3, 0.4) is 0 Å². The van der Waals surface area contributed by atoms with E-state index in [1.807, 2.05) is 32.0 Å². The Morgan fingerprint density at radius 3 is 2.39 bits per heavy atom. The number of benzene rings is 1. The lowest BCUT2D eigenvalue weighted by Crippen LogP contribution is -2.54. The quantitative estimate of drug-likeness (QED) is 0.391. The highest BCUT2D eigenvalue weighted by Gasteiger charge is 2.53. The van der Waals surface area contributed by atoms with E-state index in [9.17, 15) is 9.18 Å². The number of carbonyl (C=O) groups excluding carboxylic acids is 1. The van der Waals surface area contributed by atoms with Crippen LogP contribution in [-0.2, 0) is 16.1 Å². The Bertz CT molecular complexity index is 970. The number of carbonyl (C=O) groups is 1. The Morgan fingerprint density at radius 2 is 1.78 bits per heavy atom. The topological polar surface area (TPSA) is 42.4 Å². The number of likely N-dealkylation sites (tertiary alicyclic amines) is 1. The normalized spacial score (nSPS) is 26.1. The van der Waals surface area contributed by atoms with Crippen LogP contribution in [0.4, 0.5) is 4.39 Å². The molecule has 2 atom stereocenters. The van der Waals surface area contributed by atoms with Gasteiger partial charge < -0.3 is 9.64 Å². The van der Waals surface area contributed by atoms with E-state index < -0.39 is 5.41 Å². The molecule has 1 saturated heterocycles. The van der Waals surface area contributed by atoms with Gasteiger partial charge in [-0.05, 0) is 75.5 Å². The molecule has 5 heteroatoms. The molecule has 2 fully saturated rings. The second-order valence-electron chi connectivity index (χ2n) is 10.9. The summed E-state index contributed by atoms with van der Waals surface area (Å²) in [5.74, 6) is 0.167. The monoisotopic (exact) mass is 496 g/mol. The molecule has 1 aliphatic heterocycles. The van der Waals surface area contributed by atoms with Crippen molar-refractivity contribution in [2.75, 3.05) is 0 Å². The van der Waals surface area contributed by atoms with E-state index in [1.165, 1.54) is 11.8 Å². The third-order valence-electron chi connectivity index (χ3n) is 8.46. The number of rotatable bonds is 7. The van der Waals surface area contributed by atoms with Crippen molar-refractivity contribution in [3.8, 4) is 0 Å². The van der Waals surface area contributed by atoms with Crippen LogP contribution in [0.15, 0.2) is 48.8 Å². The number of halogens is 1. The van der Waals surface area contributed by atoms with Crippen LogP contribution in [0.2, 0.25) is 0 Å². The second kappa shape index (κ2) is 12.3. The van der Waals surface area contributed by atoms with E-state index >= 15 is 0 Å². The smallest absolute Gasteiger partial charge is 0.230 e. The molecule has 4 nitrogen and oxygen atoms in total. The highest BCUT2D eigenvalue weighted by Crippen LogP contribution is 2.51. The fourth-order valence-corrected chi connectivity index (χ4v) is 6.11. The summed E-state index contributed by atoms with van der Waals surface area (Å²) in [6, 6.07) is 11.7. The van der Waals surface area contributed by atoms with Crippen molar-refractivity contribution in [3.63, 3.8) is 0 Å². The summed E-state index contributed by atoms with van der Waals surface area (Å²) in [4.78, 5) is 20.6. The highest BCUT2D eigenvalue weighted by molar-refractivity contribution is 5.84. The van der Waals surface area contributed by atoms with E-state index in [2.05, 4.69) is 49.7 Å². The molecule has 2 aromatic rings. The number of hydrogen-bond donors (Lipinski definition) is 0. The van der Waals surface area contributed by atoms with E-state index in [0.717, 1.165) is 50.5 Å². The van der Waals surface area contributed by atoms with Gasteiger partial charge >= 0.3 is 0 Å². The average Bonchev–Trinajstić information content (AvgIpc) is 3.23. The summed E-state index contributed by atoms with van der Waals surface area (Å²) in [7, 11) is 0. The SMILES string of the molecule is CC.CCC(C)C1(C(=O)N2C(c3cncc(F)c3)CCC2(C)C)CCC(OCc2ccccc2)CC1. The van der Waals surface area contributed by atoms with Crippen molar-refractivity contribution < 1.29 is 13.9 Å². The number of nitrogens with zero attached hydrogens (tertiary/aromatic N) is 2. The first-order chi connectivity index (χ1) is 17.3. The Kier molecular flexibility index (Phi) is 9.68. The van der Waals surface area contributed by atoms with Crippen molar-refractivity contribution >= 4 is 5.91 Å². The maximum atomic E-state index is 14.5. The van der Waals surface area contributed by atoms with E-state index in [1.54, 1.807) is 12.3 Å². The maximum absolute atomic E-state index is 14.5. The van der Waals surface area contributed by atoms with Crippen LogP contribution < -0.4 is 0 Å². The van der Waals surface area contributed by atoms with E-state index in [4.69, 9.17) is 4.74 Å². The van der Waals surface area contributed by atoms with Gasteiger partial charge in [-0.1, -0.05) is 64.4 Å². The van der Waals surface area contributed by atoms with Gasteiger partial charge in [-0.15, -0.1) is 0 Å². The molecule has 36 heavy (non-hydrogen) atoms. The lowest BCUT2D eigenvalue weighted by molar-refractivity contribution is -0.157. The van der Waals surface area contributed by atoms with Gasteiger partial charge in [0.25, 0.3) is 0 Å². The fraction of sp³-hybridized carbons (Fsp3) is 0.613. The molecule has 4 rings (SSSR count). The van der Waals surface area contributed by atoms with E-state index in [0.29, 0.717) is 6.61 Å². The first kappa shape index (κ1) is 28.3. The molecule has 2 heterocycles. The highest BCUT2D eigenvalue weighted by atomic mass is 19.1. The minimum atomic E-state index is -0.401. The summed E-state index contributed by atoms with van der Waals surface area (Å²) in [5, 5.41) is 0. The van der Waals surface area contributed by atoms with Crippen LogP contribution in [0.5, 0.6) is 0 Å². The molecule has 2 aliphatic rings. The van der Waals surface area contributed by atoms with Gasteiger partial charge in [0.1, 0.15) is 5.82 Å².